The van der Waals surface area contributed by atoms with Gasteiger partial charge in [0.05, 0.1) is 7.11 Å². The van der Waals surface area contributed by atoms with Gasteiger partial charge < -0.3 is 14.6 Å². The summed E-state index contributed by atoms with van der Waals surface area (Å²) in [4.78, 5) is 21.2. The molecule has 1 aromatic carbocycles. The summed E-state index contributed by atoms with van der Waals surface area (Å²) in [6, 6.07) is 6.35. The van der Waals surface area contributed by atoms with Crippen LogP contribution in [-0.4, -0.2) is 30.9 Å². The summed E-state index contributed by atoms with van der Waals surface area (Å²) < 4.78 is 9.34. The van der Waals surface area contributed by atoms with E-state index in [1.54, 1.807) is 18.2 Å². The number of nitrogens with one attached hydrogen (secondary N) is 1. The summed E-state index contributed by atoms with van der Waals surface area (Å²) >= 11 is 0. The highest BCUT2D eigenvalue weighted by atomic mass is 16.5. The van der Waals surface area contributed by atoms with Gasteiger partial charge in [0.2, 0.25) is 0 Å². The van der Waals surface area contributed by atoms with Crippen LogP contribution >= 0.6 is 0 Å². The van der Waals surface area contributed by atoms with Gasteiger partial charge >= 0.3 is 12.1 Å². The predicted octanol–water partition coefficient (Wildman–Crippen LogP) is 1.33. The number of methoxy groups -OCH3 is 1. The summed E-state index contributed by atoms with van der Waals surface area (Å²) in [5.41, 5.74) is 0.467. The first-order valence-electron chi connectivity index (χ1n) is 4.41. The molecule has 86 valence electrons. The second-order valence-corrected chi connectivity index (χ2v) is 2.83. The van der Waals surface area contributed by atoms with E-state index in [-0.39, 0.29) is 0 Å². The molecule has 0 aromatic heterocycles. The minimum Gasteiger partial charge on any atom is -0.482 e. The molecular weight excluding hydrogens is 214 g/mol. The van der Waals surface area contributed by atoms with Crippen LogP contribution in [0.25, 0.3) is 0 Å². The van der Waals surface area contributed by atoms with Crippen molar-refractivity contribution in [2.75, 3.05) is 19.0 Å². The lowest BCUT2D eigenvalue weighted by atomic mass is 10.3. The molecule has 0 radical (unpaired) electrons. The molecule has 6 heteroatoms. The molecule has 1 amide bonds. The van der Waals surface area contributed by atoms with Crippen molar-refractivity contribution in [2.24, 2.45) is 0 Å². The second kappa shape index (κ2) is 5.59. The molecule has 0 saturated carbocycles. The zero-order valence-corrected chi connectivity index (χ0v) is 8.60. The number of ether oxygens (including phenoxy) is 2. The van der Waals surface area contributed by atoms with Crippen LogP contribution in [0.1, 0.15) is 0 Å². The molecule has 0 unspecified atom stereocenters. The molecule has 0 aliphatic rings. The maximum atomic E-state index is 10.9. The zero-order valence-electron chi connectivity index (χ0n) is 8.60. The Hall–Kier alpha value is -2.24. The molecule has 2 N–H and O–H groups in total. The summed E-state index contributed by atoms with van der Waals surface area (Å²) in [5.74, 6) is -0.706. The predicted molar refractivity (Wildman–Crippen MR) is 55.6 cm³/mol. The molecule has 1 aromatic rings. The third kappa shape index (κ3) is 3.87. The van der Waals surface area contributed by atoms with Crippen molar-refractivity contribution in [1.29, 1.82) is 0 Å². The zero-order chi connectivity index (χ0) is 12.0. The molecule has 0 fully saturated rings. The molecule has 0 atom stereocenters. The maximum Gasteiger partial charge on any atom is 0.411 e. The van der Waals surface area contributed by atoms with E-state index in [2.05, 4.69) is 10.1 Å². The van der Waals surface area contributed by atoms with Crippen LogP contribution in [0.2, 0.25) is 0 Å². The minimum absolute atomic E-state index is 0.358. The Bertz CT molecular complexity index is 391. The van der Waals surface area contributed by atoms with Crippen LogP contribution in [0.4, 0.5) is 10.5 Å². The average Bonchev–Trinajstić information content (AvgIpc) is 2.26. The molecule has 0 saturated heterocycles. The summed E-state index contributed by atoms with van der Waals surface area (Å²) in [5, 5.41) is 10.8. The molecule has 1 rings (SSSR count). The fourth-order valence-corrected chi connectivity index (χ4v) is 0.978. The number of carbonyl (C=O) groups is 2. The fraction of sp³-hybridized carbons (Fsp3) is 0.200. The van der Waals surface area contributed by atoms with Crippen molar-refractivity contribution in [3.8, 4) is 5.75 Å². The van der Waals surface area contributed by atoms with E-state index < -0.39 is 18.7 Å². The fourth-order valence-electron chi connectivity index (χ4n) is 0.978. The van der Waals surface area contributed by atoms with Crippen molar-refractivity contribution in [3.05, 3.63) is 24.3 Å². The Labute approximate surface area is 91.8 Å². The number of hydrogen-bond acceptors (Lipinski definition) is 4. The number of amides is 1. The molecule has 0 spiro atoms. The highest BCUT2D eigenvalue weighted by Crippen LogP contribution is 2.17. The molecule has 0 bridgehead atoms. The first kappa shape index (κ1) is 11.8. The van der Waals surface area contributed by atoms with Gasteiger partial charge in [-0.2, -0.15) is 0 Å². The van der Waals surface area contributed by atoms with Gasteiger partial charge in [-0.15, -0.1) is 0 Å². The van der Waals surface area contributed by atoms with Crippen molar-refractivity contribution in [2.45, 2.75) is 0 Å². The summed E-state index contributed by atoms with van der Waals surface area (Å²) in [7, 11) is 1.25. The average molecular weight is 225 g/mol. The topological polar surface area (TPSA) is 84.9 Å². The second-order valence-electron chi connectivity index (χ2n) is 2.83. The lowest BCUT2D eigenvalue weighted by molar-refractivity contribution is -0.139. The van der Waals surface area contributed by atoms with Gasteiger partial charge in [-0.3, -0.25) is 5.32 Å². The number of rotatable bonds is 4. The van der Waals surface area contributed by atoms with Crippen molar-refractivity contribution >= 4 is 17.7 Å². The van der Waals surface area contributed by atoms with Gasteiger partial charge in [-0.25, -0.2) is 9.59 Å². The van der Waals surface area contributed by atoms with E-state index in [0.29, 0.717) is 11.4 Å². The van der Waals surface area contributed by atoms with Gasteiger partial charge in [-0.1, -0.05) is 6.07 Å². The minimum atomic E-state index is -1.06. The van der Waals surface area contributed by atoms with Gasteiger partial charge in [0.1, 0.15) is 5.75 Å². The van der Waals surface area contributed by atoms with Crippen molar-refractivity contribution < 1.29 is 24.2 Å². The van der Waals surface area contributed by atoms with E-state index in [1.165, 1.54) is 13.2 Å². The quantitative estimate of drug-likeness (QED) is 0.807. The van der Waals surface area contributed by atoms with Crippen LogP contribution in [0.15, 0.2) is 24.3 Å². The van der Waals surface area contributed by atoms with E-state index in [0.717, 1.165) is 0 Å². The summed E-state index contributed by atoms with van der Waals surface area (Å²) in [6.45, 7) is -0.429. The number of hydrogen-bond donors (Lipinski definition) is 2. The van der Waals surface area contributed by atoms with E-state index >= 15 is 0 Å². The number of aliphatic carboxylic acids is 1. The number of carboxylic acid groups (broad SMARTS) is 1. The van der Waals surface area contributed by atoms with Crippen molar-refractivity contribution in [1.82, 2.24) is 0 Å². The van der Waals surface area contributed by atoms with Crippen LogP contribution in [0, 0.1) is 0 Å². The Morgan fingerprint density at radius 2 is 2.19 bits per heavy atom. The maximum absolute atomic E-state index is 10.9. The molecule has 0 heterocycles. The van der Waals surface area contributed by atoms with Gasteiger partial charge in [0, 0.05) is 11.8 Å². The highest BCUT2D eigenvalue weighted by Gasteiger charge is 2.03. The number of benzene rings is 1. The normalized spacial score (nSPS) is 9.31. The van der Waals surface area contributed by atoms with E-state index in [1.807, 2.05) is 0 Å². The number of carbonyl (C=O) groups excluding carboxylic acids is 1. The van der Waals surface area contributed by atoms with Crippen LogP contribution in [-0.2, 0) is 9.53 Å². The summed E-state index contributed by atoms with van der Waals surface area (Å²) in [6.07, 6.45) is -0.601. The van der Waals surface area contributed by atoms with Crippen LogP contribution in [0.5, 0.6) is 5.75 Å². The number of carboxylic acids is 1. The van der Waals surface area contributed by atoms with Crippen LogP contribution in [0.3, 0.4) is 0 Å². The molecule has 0 aliphatic heterocycles. The lowest BCUT2D eigenvalue weighted by Crippen LogP contribution is -2.12. The largest absolute Gasteiger partial charge is 0.482 e. The first-order valence-corrected chi connectivity index (χ1v) is 4.41. The van der Waals surface area contributed by atoms with Crippen molar-refractivity contribution in [3.63, 3.8) is 0 Å². The smallest absolute Gasteiger partial charge is 0.411 e. The van der Waals surface area contributed by atoms with Gasteiger partial charge in [0.15, 0.2) is 6.61 Å². The monoisotopic (exact) mass is 225 g/mol. The van der Waals surface area contributed by atoms with E-state index in [4.69, 9.17) is 9.84 Å². The SMILES string of the molecule is COC(=O)Nc1cccc(OCC(=O)O)c1. The number of anilines is 1. The third-order valence-corrected chi connectivity index (χ3v) is 1.63. The Kier molecular flexibility index (Phi) is 4.14. The molecular formula is C10H11NO5. The van der Waals surface area contributed by atoms with Crippen LogP contribution < -0.4 is 10.1 Å². The Morgan fingerprint density at radius 1 is 1.44 bits per heavy atom. The third-order valence-electron chi connectivity index (χ3n) is 1.63. The molecule has 6 nitrogen and oxygen atoms in total. The first-order chi connectivity index (χ1) is 7.61. The van der Waals surface area contributed by atoms with Gasteiger partial charge in [0.25, 0.3) is 0 Å². The van der Waals surface area contributed by atoms with E-state index in [9.17, 15) is 9.59 Å². The molecule has 16 heavy (non-hydrogen) atoms. The highest BCUT2D eigenvalue weighted by molar-refractivity contribution is 5.84. The van der Waals surface area contributed by atoms with Gasteiger partial charge in [-0.05, 0) is 12.1 Å². The molecule has 0 aliphatic carbocycles. The Balaban J connectivity index is 2.63. The standard InChI is InChI=1S/C10H11NO5/c1-15-10(14)11-7-3-2-4-8(5-7)16-6-9(12)13/h2-5H,6H2,1H3,(H,11,14)(H,12,13). The Morgan fingerprint density at radius 3 is 2.81 bits per heavy atom. The lowest BCUT2D eigenvalue weighted by Gasteiger charge is -2.06.